The van der Waals surface area contributed by atoms with Gasteiger partial charge in [0, 0.05) is 32.7 Å². The third-order valence-electron chi connectivity index (χ3n) is 10.8. The molecule has 4 nitrogen and oxygen atoms in total. The molecule has 2 N–H and O–H groups in total. The van der Waals surface area contributed by atoms with Gasteiger partial charge in [-0.25, -0.2) is 9.98 Å². The summed E-state index contributed by atoms with van der Waals surface area (Å²) in [6.45, 7) is 4.11. The minimum absolute atomic E-state index is 0.800. The fourth-order valence-electron chi connectivity index (χ4n) is 8.31. The first-order valence-electron chi connectivity index (χ1n) is 19.1. The van der Waals surface area contributed by atoms with Crippen molar-refractivity contribution in [2.75, 3.05) is 10.6 Å². The maximum atomic E-state index is 5.40. The Morgan fingerprint density at radius 1 is 0.321 bits per heavy atom. The molecule has 0 radical (unpaired) electrons. The van der Waals surface area contributed by atoms with E-state index in [1.165, 1.54) is 21.5 Å². The number of amidine groups is 2. The van der Waals surface area contributed by atoms with E-state index >= 15 is 0 Å². The molecule has 10 rings (SSSR count). The van der Waals surface area contributed by atoms with Gasteiger partial charge in [-0.15, -0.1) is 0 Å². The van der Waals surface area contributed by atoms with Crippen LogP contribution in [0, 0.1) is 0 Å². The molecular formula is C52H38N4. The molecule has 266 valence electrons. The van der Waals surface area contributed by atoms with E-state index in [0.717, 1.165) is 88.6 Å². The molecule has 0 saturated heterocycles. The Labute approximate surface area is 325 Å². The molecule has 0 unspecified atom stereocenters. The molecular weight excluding hydrogens is 681 g/mol. The van der Waals surface area contributed by atoms with Crippen LogP contribution in [0.25, 0.3) is 75.8 Å². The summed E-state index contributed by atoms with van der Waals surface area (Å²) in [6, 6.07) is 64.4. The normalized spacial score (nSPS) is 12.3. The highest BCUT2D eigenvalue weighted by Crippen LogP contribution is 2.46. The number of aliphatic imine (C=N–C) groups is 2. The van der Waals surface area contributed by atoms with Crippen LogP contribution in [0.3, 0.4) is 0 Å². The van der Waals surface area contributed by atoms with Crippen molar-refractivity contribution in [3.05, 3.63) is 182 Å². The summed E-state index contributed by atoms with van der Waals surface area (Å²) in [4.78, 5) is 10.8. The average molecular weight is 719 g/mol. The summed E-state index contributed by atoms with van der Waals surface area (Å²) in [7, 11) is 0. The van der Waals surface area contributed by atoms with Gasteiger partial charge in [-0.2, -0.15) is 0 Å². The molecule has 0 aliphatic heterocycles. The van der Waals surface area contributed by atoms with Crippen molar-refractivity contribution in [2.45, 2.75) is 13.8 Å². The Morgan fingerprint density at radius 3 is 0.946 bits per heavy atom. The Hall–Kier alpha value is -7.30. The first kappa shape index (κ1) is 33.3. The van der Waals surface area contributed by atoms with Crippen molar-refractivity contribution < 1.29 is 0 Å². The van der Waals surface area contributed by atoms with Crippen molar-refractivity contribution >= 4 is 99.1 Å². The highest BCUT2D eigenvalue weighted by atomic mass is 15.0. The lowest BCUT2D eigenvalue weighted by molar-refractivity contribution is 1.46. The van der Waals surface area contributed by atoms with Crippen molar-refractivity contribution in [2.24, 2.45) is 9.98 Å². The summed E-state index contributed by atoms with van der Waals surface area (Å²) in [5, 5.41) is 21.4. The minimum atomic E-state index is 0.800. The second-order valence-electron chi connectivity index (χ2n) is 14.4. The number of rotatable bonds is 5. The zero-order valence-corrected chi connectivity index (χ0v) is 31.2. The summed E-state index contributed by atoms with van der Waals surface area (Å²) in [5.41, 5.74) is 5.95. The van der Waals surface area contributed by atoms with Crippen LogP contribution in [0.2, 0.25) is 0 Å². The second-order valence-corrected chi connectivity index (χ2v) is 14.4. The number of nitrogens with one attached hydrogen (secondary N) is 2. The number of benzene rings is 10. The third-order valence-corrected chi connectivity index (χ3v) is 10.8. The molecule has 0 aliphatic rings. The topological polar surface area (TPSA) is 48.8 Å². The number of anilines is 2. The molecule has 0 aromatic heterocycles. The van der Waals surface area contributed by atoms with Crippen LogP contribution in [0.15, 0.2) is 192 Å². The molecule has 0 spiro atoms. The SMILES string of the molecule is CC(=Nc1ccc2ccccc2c1-c1c(N=C(C)Nc2c3ccccc3cc3ccccc23)ccc2ccccc12)Nc1c2ccccc2cc2ccccc12. The summed E-state index contributed by atoms with van der Waals surface area (Å²) in [5.74, 6) is 1.60. The van der Waals surface area contributed by atoms with E-state index in [1.807, 2.05) is 0 Å². The van der Waals surface area contributed by atoms with Crippen LogP contribution in [0.5, 0.6) is 0 Å². The fourth-order valence-corrected chi connectivity index (χ4v) is 8.31. The third kappa shape index (κ3) is 5.89. The van der Waals surface area contributed by atoms with Gasteiger partial charge in [-0.3, -0.25) is 0 Å². The molecule has 4 heteroatoms. The smallest absolute Gasteiger partial charge is 0.103 e. The summed E-state index contributed by atoms with van der Waals surface area (Å²) >= 11 is 0. The van der Waals surface area contributed by atoms with E-state index in [1.54, 1.807) is 0 Å². The molecule has 0 aliphatic carbocycles. The van der Waals surface area contributed by atoms with Crippen LogP contribution in [0.4, 0.5) is 22.7 Å². The molecule has 0 saturated carbocycles. The van der Waals surface area contributed by atoms with Gasteiger partial charge in [-0.05, 0) is 81.2 Å². The molecule has 0 bridgehead atoms. The van der Waals surface area contributed by atoms with Gasteiger partial charge in [0.25, 0.3) is 0 Å². The van der Waals surface area contributed by atoms with Crippen LogP contribution < -0.4 is 10.6 Å². The van der Waals surface area contributed by atoms with Gasteiger partial charge in [0.15, 0.2) is 0 Å². The fraction of sp³-hybridized carbons (Fsp3) is 0.0385. The predicted molar refractivity (Wildman–Crippen MR) is 243 cm³/mol. The van der Waals surface area contributed by atoms with Gasteiger partial charge in [0.2, 0.25) is 0 Å². The lowest BCUT2D eigenvalue weighted by Crippen LogP contribution is -2.08. The molecule has 10 aromatic carbocycles. The predicted octanol–water partition coefficient (Wildman–Crippen LogP) is 14.6. The monoisotopic (exact) mass is 718 g/mol. The number of fused-ring (bicyclic) bond motifs is 6. The first-order valence-corrected chi connectivity index (χ1v) is 19.1. The van der Waals surface area contributed by atoms with Crippen LogP contribution in [-0.4, -0.2) is 11.7 Å². The maximum Gasteiger partial charge on any atom is 0.103 e. The molecule has 0 amide bonds. The minimum Gasteiger partial charge on any atom is -0.343 e. The van der Waals surface area contributed by atoms with Gasteiger partial charge >= 0.3 is 0 Å². The van der Waals surface area contributed by atoms with E-state index in [-0.39, 0.29) is 0 Å². The number of hydrogen-bond acceptors (Lipinski definition) is 2. The van der Waals surface area contributed by atoms with Crippen molar-refractivity contribution in [1.29, 1.82) is 0 Å². The molecule has 0 fully saturated rings. The van der Waals surface area contributed by atoms with Gasteiger partial charge in [-0.1, -0.05) is 158 Å². The highest BCUT2D eigenvalue weighted by Gasteiger charge is 2.18. The molecule has 0 atom stereocenters. The highest BCUT2D eigenvalue weighted by molar-refractivity contribution is 6.19. The zero-order valence-electron chi connectivity index (χ0n) is 31.2. The first-order chi connectivity index (χ1) is 27.6. The van der Waals surface area contributed by atoms with Crippen LogP contribution in [-0.2, 0) is 0 Å². The van der Waals surface area contributed by atoms with Gasteiger partial charge < -0.3 is 10.6 Å². The molecule has 0 heterocycles. The Bertz CT molecular complexity index is 2900. The van der Waals surface area contributed by atoms with E-state index < -0.39 is 0 Å². The van der Waals surface area contributed by atoms with E-state index in [4.69, 9.17) is 9.98 Å². The number of nitrogens with zero attached hydrogens (tertiary/aromatic N) is 2. The largest absolute Gasteiger partial charge is 0.343 e. The van der Waals surface area contributed by atoms with Gasteiger partial charge in [0.1, 0.15) is 11.7 Å². The van der Waals surface area contributed by atoms with Crippen molar-refractivity contribution in [3.63, 3.8) is 0 Å². The van der Waals surface area contributed by atoms with Crippen LogP contribution in [0.1, 0.15) is 13.8 Å². The quantitative estimate of drug-likeness (QED) is 0.106. The zero-order chi connectivity index (χ0) is 37.6. The standard InChI is InChI=1S/C52H38N4/c1-33(55-51-43-23-11-5-17-37(43)31-38-18-6-12-24-44(38)51)53-47-29-27-35-15-3-9-21-41(35)49(47)50-42-22-10-4-16-36(42)28-30-48(50)54-34(2)56-52-45-25-13-7-19-39(45)32-40-20-8-14-26-46(40)52/h3-32H,1-2H3,(H,53,55)(H,54,56). The lowest BCUT2D eigenvalue weighted by Gasteiger charge is -2.18. The van der Waals surface area contributed by atoms with E-state index in [2.05, 4.69) is 206 Å². The summed E-state index contributed by atoms with van der Waals surface area (Å²) in [6.07, 6.45) is 0. The molecule has 56 heavy (non-hydrogen) atoms. The van der Waals surface area contributed by atoms with Crippen molar-refractivity contribution in [3.8, 4) is 11.1 Å². The Morgan fingerprint density at radius 2 is 0.607 bits per heavy atom. The maximum absolute atomic E-state index is 5.40. The Balaban J connectivity index is 1.16. The number of hydrogen-bond donors (Lipinski definition) is 2. The van der Waals surface area contributed by atoms with E-state index in [0.29, 0.717) is 0 Å². The van der Waals surface area contributed by atoms with Crippen LogP contribution >= 0.6 is 0 Å². The van der Waals surface area contributed by atoms with Gasteiger partial charge in [0.05, 0.1) is 22.7 Å². The molecule has 10 aromatic rings. The van der Waals surface area contributed by atoms with Crippen molar-refractivity contribution in [1.82, 2.24) is 0 Å². The Kier molecular flexibility index (Phi) is 8.23. The lowest BCUT2D eigenvalue weighted by atomic mass is 9.91. The summed E-state index contributed by atoms with van der Waals surface area (Å²) < 4.78 is 0. The van der Waals surface area contributed by atoms with E-state index in [9.17, 15) is 0 Å². The average Bonchev–Trinajstić information content (AvgIpc) is 3.23. The second kappa shape index (κ2) is 13.8.